The van der Waals surface area contributed by atoms with E-state index in [0.29, 0.717) is 0 Å². The van der Waals surface area contributed by atoms with Crippen LogP contribution in [-0.2, 0) is 5.41 Å². The van der Waals surface area contributed by atoms with Crippen molar-refractivity contribution >= 4 is 45.3 Å². The first-order valence-electron chi connectivity index (χ1n) is 17.6. The predicted molar refractivity (Wildman–Crippen MR) is 216 cm³/mol. The van der Waals surface area contributed by atoms with Gasteiger partial charge in [-0.1, -0.05) is 139 Å². The lowest BCUT2D eigenvalue weighted by Crippen LogP contribution is -2.36. The SMILES string of the molecule is c1ccc(-n2c3ccccc3c3cccc(-c4ccc5c(c4)C4(c6ccccc6Sc6ccccc64)c4ccc(-c6ccccn6)cc4S5)c32)cc1. The molecule has 1 spiro atoms. The van der Waals surface area contributed by atoms with E-state index in [1.165, 1.54) is 74.8 Å². The first-order valence-corrected chi connectivity index (χ1v) is 19.3. The summed E-state index contributed by atoms with van der Waals surface area (Å²) < 4.78 is 2.44. The van der Waals surface area contributed by atoms with Gasteiger partial charge in [-0.05, 0) is 88.5 Å². The third-order valence-electron chi connectivity index (χ3n) is 10.8. The molecule has 11 rings (SSSR count). The van der Waals surface area contributed by atoms with Crippen molar-refractivity contribution in [3.8, 4) is 28.1 Å². The molecule has 0 amide bonds. The van der Waals surface area contributed by atoms with E-state index in [-0.39, 0.29) is 0 Å². The molecule has 9 aromatic rings. The van der Waals surface area contributed by atoms with Crippen molar-refractivity contribution in [3.05, 3.63) is 204 Å². The number of rotatable bonds is 3. The van der Waals surface area contributed by atoms with Gasteiger partial charge in [0.25, 0.3) is 0 Å². The van der Waals surface area contributed by atoms with Gasteiger partial charge < -0.3 is 4.57 Å². The zero-order valence-electron chi connectivity index (χ0n) is 28.0. The maximum atomic E-state index is 4.72. The minimum Gasteiger partial charge on any atom is -0.309 e. The standard InChI is InChI=1S/C48H30N2S2/c1-2-13-33(14-3-1)50-42-21-7-4-15-35(42)36-17-12-16-34(47(36)50)31-25-27-45-40(29-31)48(37-18-5-8-22-43(37)51-44-23-9-6-19-38(44)48)39-26-24-32(30-46(39)52-45)41-20-10-11-28-49-41/h1-30H. The van der Waals surface area contributed by atoms with Crippen molar-refractivity contribution < 1.29 is 0 Å². The molecule has 52 heavy (non-hydrogen) atoms. The maximum absolute atomic E-state index is 4.72. The van der Waals surface area contributed by atoms with Crippen LogP contribution in [0, 0.1) is 0 Å². The molecule has 7 aromatic carbocycles. The van der Waals surface area contributed by atoms with Crippen LogP contribution in [0.3, 0.4) is 0 Å². The predicted octanol–water partition coefficient (Wildman–Crippen LogP) is 12.8. The molecule has 2 aromatic heterocycles. The van der Waals surface area contributed by atoms with Crippen molar-refractivity contribution in [1.29, 1.82) is 0 Å². The number of hydrogen-bond donors (Lipinski definition) is 0. The second-order valence-electron chi connectivity index (χ2n) is 13.5. The molecule has 244 valence electrons. The van der Waals surface area contributed by atoms with Crippen LogP contribution >= 0.6 is 23.5 Å². The zero-order valence-corrected chi connectivity index (χ0v) is 29.7. The quantitative estimate of drug-likeness (QED) is 0.183. The van der Waals surface area contributed by atoms with Gasteiger partial charge in [-0.3, -0.25) is 4.98 Å². The summed E-state index contributed by atoms with van der Waals surface area (Å²) >= 11 is 3.76. The Morgan fingerprint density at radius 1 is 0.442 bits per heavy atom. The molecule has 2 nitrogen and oxygen atoms in total. The van der Waals surface area contributed by atoms with Crippen molar-refractivity contribution in [2.75, 3.05) is 0 Å². The van der Waals surface area contributed by atoms with Crippen LogP contribution in [0.15, 0.2) is 202 Å². The topological polar surface area (TPSA) is 17.8 Å². The van der Waals surface area contributed by atoms with E-state index in [1.54, 1.807) is 0 Å². The van der Waals surface area contributed by atoms with Crippen LogP contribution < -0.4 is 0 Å². The van der Waals surface area contributed by atoms with E-state index in [0.717, 1.165) is 16.9 Å². The summed E-state index contributed by atoms with van der Waals surface area (Å²) in [7, 11) is 0. The van der Waals surface area contributed by atoms with Crippen LogP contribution in [-0.4, -0.2) is 9.55 Å². The van der Waals surface area contributed by atoms with Crippen molar-refractivity contribution in [3.63, 3.8) is 0 Å². The lowest BCUT2D eigenvalue weighted by molar-refractivity contribution is 0.667. The molecule has 4 heteroatoms. The molecule has 0 bridgehead atoms. The van der Waals surface area contributed by atoms with Crippen molar-refractivity contribution in [2.45, 2.75) is 25.0 Å². The summed E-state index contributed by atoms with van der Waals surface area (Å²) in [6, 6.07) is 64.8. The van der Waals surface area contributed by atoms with Gasteiger partial charge in [-0.25, -0.2) is 0 Å². The van der Waals surface area contributed by atoms with Gasteiger partial charge in [0, 0.05) is 53.4 Å². The third-order valence-corrected chi connectivity index (χ3v) is 13.1. The molecule has 0 N–H and O–H groups in total. The number of pyridine rings is 1. The number of nitrogens with zero attached hydrogens (tertiary/aromatic N) is 2. The molecule has 0 saturated heterocycles. The van der Waals surface area contributed by atoms with Crippen LogP contribution in [0.25, 0.3) is 49.9 Å². The van der Waals surface area contributed by atoms with Crippen LogP contribution in [0.4, 0.5) is 0 Å². The monoisotopic (exact) mass is 698 g/mol. The zero-order chi connectivity index (χ0) is 34.2. The van der Waals surface area contributed by atoms with Crippen LogP contribution in [0.2, 0.25) is 0 Å². The fraction of sp³-hybridized carbons (Fsp3) is 0.0208. The summed E-state index contributed by atoms with van der Waals surface area (Å²) in [5.74, 6) is 0. The first kappa shape index (κ1) is 29.9. The van der Waals surface area contributed by atoms with Gasteiger partial charge in [-0.2, -0.15) is 0 Å². The Labute approximate surface area is 310 Å². The molecule has 0 saturated carbocycles. The van der Waals surface area contributed by atoms with Crippen LogP contribution in [0.5, 0.6) is 0 Å². The maximum Gasteiger partial charge on any atom is 0.0745 e. The van der Waals surface area contributed by atoms with E-state index < -0.39 is 5.41 Å². The van der Waals surface area contributed by atoms with Gasteiger partial charge >= 0.3 is 0 Å². The van der Waals surface area contributed by atoms with Crippen molar-refractivity contribution in [2.24, 2.45) is 0 Å². The third kappa shape index (κ3) is 4.25. The van der Waals surface area contributed by atoms with Gasteiger partial charge in [0.05, 0.1) is 22.1 Å². The number of fused-ring (bicyclic) bond motifs is 11. The highest BCUT2D eigenvalue weighted by Crippen LogP contribution is 2.62. The highest BCUT2D eigenvalue weighted by atomic mass is 32.2. The van der Waals surface area contributed by atoms with E-state index >= 15 is 0 Å². The Balaban J connectivity index is 1.23. The molecule has 2 aliphatic heterocycles. The normalized spacial score (nSPS) is 13.8. The molecule has 0 aliphatic carbocycles. The first-order chi connectivity index (χ1) is 25.8. The fourth-order valence-electron chi connectivity index (χ4n) is 8.62. The lowest BCUT2D eigenvalue weighted by Gasteiger charge is -2.45. The van der Waals surface area contributed by atoms with Gasteiger partial charge in [-0.15, -0.1) is 0 Å². The minimum absolute atomic E-state index is 0.507. The molecule has 0 fully saturated rings. The van der Waals surface area contributed by atoms with Gasteiger partial charge in [0.15, 0.2) is 0 Å². The summed E-state index contributed by atoms with van der Waals surface area (Å²) in [6.07, 6.45) is 1.88. The summed E-state index contributed by atoms with van der Waals surface area (Å²) in [5, 5.41) is 2.52. The Morgan fingerprint density at radius 2 is 1.10 bits per heavy atom. The van der Waals surface area contributed by atoms with E-state index in [1.807, 2.05) is 35.8 Å². The Bertz CT molecular complexity index is 2810. The smallest absolute Gasteiger partial charge is 0.0745 e. The van der Waals surface area contributed by atoms with E-state index in [4.69, 9.17) is 4.98 Å². The summed E-state index contributed by atoms with van der Waals surface area (Å²) in [6.45, 7) is 0. The molecule has 2 aliphatic rings. The molecule has 0 radical (unpaired) electrons. The highest BCUT2D eigenvalue weighted by molar-refractivity contribution is 8.00. The van der Waals surface area contributed by atoms with Gasteiger partial charge in [0.2, 0.25) is 0 Å². The summed E-state index contributed by atoms with van der Waals surface area (Å²) in [4.78, 5) is 9.87. The number of benzene rings is 7. The number of para-hydroxylation sites is 3. The Hall–Kier alpha value is -5.81. The van der Waals surface area contributed by atoms with Gasteiger partial charge in [0.1, 0.15) is 0 Å². The second kappa shape index (κ2) is 11.6. The molecular formula is C48H30N2S2. The average molecular weight is 699 g/mol. The molecular weight excluding hydrogens is 669 g/mol. The Kier molecular flexibility index (Phi) is 6.67. The van der Waals surface area contributed by atoms with E-state index in [2.05, 4.69) is 174 Å². The van der Waals surface area contributed by atoms with Crippen molar-refractivity contribution in [1.82, 2.24) is 9.55 Å². The largest absolute Gasteiger partial charge is 0.309 e. The number of hydrogen-bond acceptors (Lipinski definition) is 3. The molecule has 0 unspecified atom stereocenters. The lowest BCUT2D eigenvalue weighted by atomic mass is 9.64. The van der Waals surface area contributed by atoms with E-state index in [9.17, 15) is 0 Å². The minimum atomic E-state index is -0.507. The summed E-state index contributed by atoms with van der Waals surface area (Å²) in [5.41, 5.74) is 13.0. The fourth-order valence-corrected chi connectivity index (χ4v) is 11.0. The highest BCUT2D eigenvalue weighted by Gasteiger charge is 2.49. The molecule has 0 atom stereocenters. The second-order valence-corrected chi connectivity index (χ2v) is 15.6. The number of aromatic nitrogens is 2. The molecule has 4 heterocycles. The Morgan fingerprint density at radius 3 is 1.90 bits per heavy atom. The average Bonchev–Trinajstić information content (AvgIpc) is 3.56. The van der Waals surface area contributed by atoms with Crippen LogP contribution in [0.1, 0.15) is 22.3 Å².